The molecule has 3 heteroatoms. The Morgan fingerprint density at radius 3 is 2.85 bits per heavy atom. The maximum Gasteiger partial charge on any atom is 0.0468 e. The minimum absolute atomic E-state index is 0.744. The zero-order valence-electron chi connectivity index (χ0n) is 7.48. The molecule has 0 saturated carbocycles. The van der Waals surface area contributed by atoms with E-state index in [1.807, 2.05) is 12.1 Å². The van der Waals surface area contributed by atoms with Crippen molar-refractivity contribution in [3.8, 4) is 0 Å². The average molecular weight is 216 g/mol. The molecule has 0 saturated heterocycles. The van der Waals surface area contributed by atoms with E-state index in [4.69, 9.17) is 23.2 Å². The highest BCUT2D eigenvalue weighted by Crippen LogP contribution is 2.29. The van der Waals surface area contributed by atoms with Crippen molar-refractivity contribution in [2.45, 2.75) is 13.0 Å². The van der Waals surface area contributed by atoms with Crippen LogP contribution in [0.4, 0.5) is 0 Å². The van der Waals surface area contributed by atoms with Crippen LogP contribution in [0.15, 0.2) is 12.1 Å². The molecular formula is C10H11Cl2N. The third kappa shape index (κ3) is 1.83. The summed E-state index contributed by atoms with van der Waals surface area (Å²) in [5, 5.41) is 1.54. The summed E-state index contributed by atoms with van der Waals surface area (Å²) < 4.78 is 0. The van der Waals surface area contributed by atoms with Crippen molar-refractivity contribution in [1.82, 2.24) is 4.90 Å². The number of halogens is 2. The van der Waals surface area contributed by atoms with Crippen LogP contribution < -0.4 is 0 Å². The Kier molecular flexibility index (Phi) is 2.50. The molecule has 13 heavy (non-hydrogen) atoms. The van der Waals surface area contributed by atoms with E-state index in [1.165, 1.54) is 11.1 Å². The summed E-state index contributed by atoms with van der Waals surface area (Å²) in [4.78, 5) is 2.27. The largest absolute Gasteiger partial charge is 0.302 e. The van der Waals surface area contributed by atoms with Gasteiger partial charge >= 0.3 is 0 Å². The number of rotatable bonds is 0. The highest BCUT2D eigenvalue weighted by molar-refractivity contribution is 6.35. The molecule has 1 heterocycles. The molecule has 0 aliphatic carbocycles. The van der Waals surface area contributed by atoms with Crippen molar-refractivity contribution in [3.05, 3.63) is 33.3 Å². The lowest BCUT2D eigenvalue weighted by molar-refractivity contribution is 0.313. The molecule has 0 spiro atoms. The third-order valence-corrected chi connectivity index (χ3v) is 3.00. The van der Waals surface area contributed by atoms with Crippen molar-refractivity contribution in [2.24, 2.45) is 0 Å². The summed E-state index contributed by atoms with van der Waals surface area (Å²) in [6.07, 6.45) is 1.05. The van der Waals surface area contributed by atoms with Crippen LogP contribution in [0.1, 0.15) is 11.1 Å². The molecule has 0 bridgehead atoms. The van der Waals surface area contributed by atoms with E-state index in [-0.39, 0.29) is 0 Å². The van der Waals surface area contributed by atoms with Crippen LogP contribution in [0, 0.1) is 0 Å². The smallest absolute Gasteiger partial charge is 0.0468 e. The number of hydrogen-bond donors (Lipinski definition) is 0. The van der Waals surface area contributed by atoms with E-state index in [0.717, 1.165) is 29.6 Å². The molecule has 70 valence electrons. The van der Waals surface area contributed by atoms with Crippen LogP contribution >= 0.6 is 23.2 Å². The maximum absolute atomic E-state index is 6.10. The van der Waals surface area contributed by atoms with E-state index < -0.39 is 0 Å². The Labute approximate surface area is 88.3 Å². The Bertz CT molecular complexity index is 336. The first-order valence-corrected chi connectivity index (χ1v) is 5.08. The van der Waals surface area contributed by atoms with E-state index in [2.05, 4.69) is 11.9 Å². The number of nitrogens with zero attached hydrogens (tertiary/aromatic N) is 1. The molecule has 1 aliphatic heterocycles. The van der Waals surface area contributed by atoms with Crippen molar-refractivity contribution in [1.29, 1.82) is 0 Å². The molecule has 1 aliphatic rings. The maximum atomic E-state index is 6.10. The molecule has 0 fully saturated rings. The molecule has 0 unspecified atom stereocenters. The second-order valence-corrected chi connectivity index (χ2v) is 4.36. The molecule has 1 aromatic carbocycles. The molecular weight excluding hydrogens is 205 g/mol. The van der Waals surface area contributed by atoms with Gasteiger partial charge in [-0.25, -0.2) is 0 Å². The third-order valence-electron chi connectivity index (χ3n) is 2.44. The number of benzene rings is 1. The first-order valence-electron chi connectivity index (χ1n) is 4.32. The summed E-state index contributed by atoms with van der Waals surface area (Å²) in [6, 6.07) is 3.84. The predicted molar refractivity (Wildman–Crippen MR) is 56.5 cm³/mol. The zero-order valence-corrected chi connectivity index (χ0v) is 8.99. The summed E-state index contributed by atoms with van der Waals surface area (Å²) in [6.45, 7) is 2.02. The van der Waals surface area contributed by atoms with Gasteiger partial charge in [0.25, 0.3) is 0 Å². The van der Waals surface area contributed by atoms with Gasteiger partial charge in [0.05, 0.1) is 0 Å². The van der Waals surface area contributed by atoms with Gasteiger partial charge in [0.15, 0.2) is 0 Å². The molecule has 0 amide bonds. The van der Waals surface area contributed by atoms with Crippen LogP contribution in [0.25, 0.3) is 0 Å². The van der Waals surface area contributed by atoms with Crippen molar-refractivity contribution in [3.63, 3.8) is 0 Å². The Morgan fingerprint density at radius 2 is 2.08 bits per heavy atom. The molecule has 0 N–H and O–H groups in total. The molecule has 1 nitrogen and oxygen atoms in total. The summed E-state index contributed by atoms with van der Waals surface area (Å²) in [5.74, 6) is 0. The Hall–Kier alpha value is -0.240. The summed E-state index contributed by atoms with van der Waals surface area (Å²) in [5.41, 5.74) is 2.54. The van der Waals surface area contributed by atoms with Crippen LogP contribution in [-0.2, 0) is 13.0 Å². The lowest BCUT2D eigenvalue weighted by atomic mass is 10.0. The van der Waals surface area contributed by atoms with Crippen molar-refractivity contribution in [2.75, 3.05) is 13.6 Å². The molecule has 2 rings (SSSR count). The minimum atomic E-state index is 0.744. The van der Waals surface area contributed by atoms with Gasteiger partial charge < -0.3 is 4.90 Å². The van der Waals surface area contributed by atoms with Gasteiger partial charge in [-0.15, -0.1) is 0 Å². The fourth-order valence-electron chi connectivity index (χ4n) is 1.72. The zero-order chi connectivity index (χ0) is 9.42. The first kappa shape index (κ1) is 9.32. The Balaban J connectivity index is 2.47. The van der Waals surface area contributed by atoms with Gasteiger partial charge in [0.2, 0.25) is 0 Å². The van der Waals surface area contributed by atoms with Crippen molar-refractivity contribution >= 4 is 23.2 Å². The predicted octanol–water partition coefficient (Wildman–Crippen LogP) is 2.98. The van der Waals surface area contributed by atoms with Gasteiger partial charge in [-0.05, 0) is 36.7 Å². The second-order valence-electron chi connectivity index (χ2n) is 3.51. The number of likely N-dealkylation sites (N-methyl/N-ethyl adjacent to an activating group) is 1. The fourth-order valence-corrected chi connectivity index (χ4v) is 2.31. The molecule has 0 aromatic heterocycles. The van der Waals surface area contributed by atoms with Gasteiger partial charge in [-0.3, -0.25) is 0 Å². The van der Waals surface area contributed by atoms with Crippen LogP contribution in [0.3, 0.4) is 0 Å². The highest BCUT2D eigenvalue weighted by atomic mass is 35.5. The van der Waals surface area contributed by atoms with E-state index in [0.29, 0.717) is 0 Å². The Morgan fingerprint density at radius 1 is 1.31 bits per heavy atom. The summed E-state index contributed by atoms with van der Waals surface area (Å²) in [7, 11) is 2.11. The summed E-state index contributed by atoms with van der Waals surface area (Å²) >= 11 is 12.0. The first-order chi connectivity index (χ1) is 6.16. The van der Waals surface area contributed by atoms with Gasteiger partial charge in [0.1, 0.15) is 0 Å². The minimum Gasteiger partial charge on any atom is -0.302 e. The van der Waals surface area contributed by atoms with E-state index in [9.17, 15) is 0 Å². The lowest BCUT2D eigenvalue weighted by Gasteiger charge is -2.25. The monoisotopic (exact) mass is 215 g/mol. The topological polar surface area (TPSA) is 3.24 Å². The standard InChI is InChI=1S/C10H11Cl2N/c1-13-3-2-7-4-8(11)5-10(12)9(7)6-13/h4-5H,2-3,6H2,1H3. The van der Waals surface area contributed by atoms with Gasteiger partial charge in [-0.2, -0.15) is 0 Å². The molecule has 0 atom stereocenters. The number of hydrogen-bond acceptors (Lipinski definition) is 1. The quantitative estimate of drug-likeness (QED) is 0.644. The number of fused-ring (bicyclic) bond motifs is 1. The highest BCUT2D eigenvalue weighted by Gasteiger charge is 2.16. The SMILES string of the molecule is CN1CCc2cc(Cl)cc(Cl)c2C1. The van der Waals surface area contributed by atoms with Gasteiger partial charge in [-0.1, -0.05) is 23.2 Å². The van der Waals surface area contributed by atoms with Crippen molar-refractivity contribution < 1.29 is 0 Å². The molecule has 0 radical (unpaired) electrons. The molecule has 1 aromatic rings. The van der Waals surface area contributed by atoms with Crippen LogP contribution in [-0.4, -0.2) is 18.5 Å². The lowest BCUT2D eigenvalue weighted by Crippen LogP contribution is -2.26. The van der Waals surface area contributed by atoms with Gasteiger partial charge in [0, 0.05) is 23.1 Å². The van der Waals surface area contributed by atoms with E-state index >= 15 is 0 Å². The van der Waals surface area contributed by atoms with E-state index in [1.54, 1.807) is 0 Å². The normalized spacial score (nSPS) is 17.2. The van der Waals surface area contributed by atoms with Crippen LogP contribution in [0.2, 0.25) is 10.0 Å². The fraction of sp³-hybridized carbons (Fsp3) is 0.400. The second kappa shape index (κ2) is 3.49. The van der Waals surface area contributed by atoms with Crippen LogP contribution in [0.5, 0.6) is 0 Å². The average Bonchev–Trinajstić information content (AvgIpc) is 2.06.